The molecular formula is C34H32Br2N2O4. The maximum atomic E-state index is 14.4. The van der Waals surface area contributed by atoms with Crippen LogP contribution < -0.4 is 10.1 Å². The van der Waals surface area contributed by atoms with Crippen LogP contribution in [0, 0.1) is 6.92 Å². The fourth-order valence-corrected chi connectivity index (χ4v) is 5.70. The molecule has 1 aliphatic rings. The molecule has 8 heteroatoms. The molecule has 4 aromatic carbocycles. The van der Waals surface area contributed by atoms with Gasteiger partial charge in [0.25, 0.3) is 5.91 Å². The van der Waals surface area contributed by atoms with Gasteiger partial charge < -0.3 is 19.9 Å². The normalized spacial score (nSPS) is 17.8. The molecule has 6 nitrogen and oxygen atoms in total. The number of aliphatic imine (C=N–C) groups is 1. The summed E-state index contributed by atoms with van der Waals surface area (Å²) < 4.78 is 14.2. The van der Waals surface area contributed by atoms with Crippen LogP contribution in [0.2, 0.25) is 0 Å². The second kappa shape index (κ2) is 13.7. The van der Waals surface area contributed by atoms with E-state index in [0.717, 1.165) is 36.8 Å². The number of aliphatic hydroxyl groups excluding tert-OH is 1. The number of halogens is 2. The van der Waals surface area contributed by atoms with Crippen molar-refractivity contribution < 1.29 is 19.4 Å². The Hall–Kier alpha value is -3.46. The summed E-state index contributed by atoms with van der Waals surface area (Å²) in [7, 11) is 0. The van der Waals surface area contributed by atoms with Gasteiger partial charge in [-0.1, -0.05) is 92.0 Å². The second-order valence-corrected chi connectivity index (χ2v) is 12.1. The first-order valence-electron chi connectivity index (χ1n) is 13.8. The molecule has 0 bridgehead atoms. The van der Waals surface area contributed by atoms with Crippen molar-refractivity contribution in [2.45, 2.75) is 38.0 Å². The van der Waals surface area contributed by atoms with Gasteiger partial charge in [-0.05, 0) is 66.1 Å². The Balaban J connectivity index is 1.56. The van der Waals surface area contributed by atoms with Crippen LogP contribution in [0.4, 0.5) is 0 Å². The minimum atomic E-state index is -1.28. The first kappa shape index (κ1) is 30.0. The van der Waals surface area contributed by atoms with Gasteiger partial charge in [-0.25, -0.2) is 4.99 Å². The molecule has 0 spiro atoms. The van der Waals surface area contributed by atoms with Crippen LogP contribution in [0.5, 0.6) is 5.75 Å². The Bertz CT molecular complexity index is 1560. The third-order valence-electron chi connectivity index (χ3n) is 7.16. The first-order chi connectivity index (χ1) is 20.4. The number of aliphatic hydroxyl groups is 1. The highest BCUT2D eigenvalue weighted by Crippen LogP contribution is 2.43. The van der Waals surface area contributed by atoms with Gasteiger partial charge in [0.15, 0.2) is 11.6 Å². The van der Waals surface area contributed by atoms with E-state index in [0.29, 0.717) is 37.6 Å². The van der Waals surface area contributed by atoms with Gasteiger partial charge in [0.05, 0.1) is 6.61 Å². The molecule has 0 aliphatic carbocycles. The molecule has 1 heterocycles. The van der Waals surface area contributed by atoms with E-state index in [1.807, 2.05) is 97.9 Å². The summed E-state index contributed by atoms with van der Waals surface area (Å²) in [5.41, 5.74) is 3.40. The number of hydrogen-bond donors (Lipinski definition) is 2. The molecule has 5 rings (SSSR count). The third kappa shape index (κ3) is 6.94. The van der Waals surface area contributed by atoms with E-state index in [-0.39, 0.29) is 12.5 Å². The van der Waals surface area contributed by atoms with Crippen LogP contribution >= 0.6 is 31.9 Å². The molecule has 0 saturated carbocycles. The molecule has 2 N–H and O–H groups in total. The molecule has 1 amide bonds. The standard InChI is InChI=1S/C34H32Br2N2O4/c1-23-6-4-7-24(20-23)22-37-33(40)34(21-27-8-2-3-9-30(27)36)31(25-10-14-28(35)15-11-25)42-32(38-34)26-12-16-29(17-13-26)41-19-5-18-39/h2-4,6-17,20,31,39H,5,18-19,21-22H2,1H3,(H,37,40)/t31-,34-/m1/s1. The molecule has 0 unspecified atom stereocenters. The third-order valence-corrected chi connectivity index (χ3v) is 8.46. The van der Waals surface area contributed by atoms with Crippen LogP contribution in [-0.2, 0) is 22.5 Å². The van der Waals surface area contributed by atoms with E-state index < -0.39 is 11.6 Å². The van der Waals surface area contributed by atoms with Crippen molar-refractivity contribution in [3.63, 3.8) is 0 Å². The van der Waals surface area contributed by atoms with Crippen molar-refractivity contribution in [3.8, 4) is 5.75 Å². The highest BCUT2D eigenvalue weighted by atomic mass is 79.9. The summed E-state index contributed by atoms with van der Waals surface area (Å²) in [5.74, 6) is 0.861. The second-order valence-electron chi connectivity index (χ2n) is 10.3. The molecule has 0 radical (unpaired) electrons. The SMILES string of the molecule is Cc1cccc(CNC(=O)[C@]2(Cc3ccccc3Br)N=C(c3ccc(OCCCO)cc3)O[C@@H]2c2ccc(Br)cc2)c1. The molecule has 0 aromatic heterocycles. The fourth-order valence-electron chi connectivity index (χ4n) is 5.01. The van der Waals surface area contributed by atoms with Crippen molar-refractivity contribution in [1.82, 2.24) is 5.32 Å². The fraction of sp³-hybridized carbons (Fsp3) is 0.235. The van der Waals surface area contributed by atoms with Gasteiger partial charge in [0.1, 0.15) is 5.75 Å². The summed E-state index contributed by atoms with van der Waals surface area (Å²) in [4.78, 5) is 19.5. The maximum Gasteiger partial charge on any atom is 0.252 e. The van der Waals surface area contributed by atoms with Gasteiger partial charge in [0.2, 0.25) is 5.90 Å². The highest BCUT2D eigenvalue weighted by molar-refractivity contribution is 9.10. The summed E-state index contributed by atoms with van der Waals surface area (Å²) in [6.07, 6.45) is 0.202. The lowest BCUT2D eigenvalue weighted by molar-refractivity contribution is -0.129. The number of benzene rings is 4. The molecule has 216 valence electrons. The number of carbonyl (C=O) groups excluding carboxylic acids is 1. The number of nitrogens with one attached hydrogen (secondary N) is 1. The summed E-state index contributed by atoms with van der Waals surface area (Å²) in [6, 6.07) is 31.3. The zero-order valence-corrected chi connectivity index (χ0v) is 26.4. The molecule has 4 aromatic rings. The average Bonchev–Trinajstić information content (AvgIpc) is 3.38. The molecule has 2 atom stereocenters. The minimum Gasteiger partial charge on any atom is -0.494 e. The van der Waals surface area contributed by atoms with E-state index in [9.17, 15) is 4.79 Å². The highest BCUT2D eigenvalue weighted by Gasteiger charge is 2.53. The van der Waals surface area contributed by atoms with Crippen LogP contribution in [0.1, 0.15) is 40.3 Å². The zero-order valence-electron chi connectivity index (χ0n) is 23.2. The van der Waals surface area contributed by atoms with Crippen LogP contribution in [0.3, 0.4) is 0 Å². The number of rotatable bonds is 11. The van der Waals surface area contributed by atoms with Crippen LogP contribution in [-0.4, -0.2) is 35.7 Å². The summed E-state index contributed by atoms with van der Waals surface area (Å²) in [6.45, 7) is 2.91. The summed E-state index contributed by atoms with van der Waals surface area (Å²) in [5, 5.41) is 12.2. The van der Waals surface area contributed by atoms with Crippen LogP contribution in [0.25, 0.3) is 0 Å². The first-order valence-corrected chi connectivity index (χ1v) is 15.4. The Morgan fingerprint density at radius 3 is 2.48 bits per heavy atom. The van der Waals surface area contributed by atoms with Crippen molar-refractivity contribution in [1.29, 1.82) is 0 Å². The minimum absolute atomic E-state index is 0.0751. The monoisotopic (exact) mass is 690 g/mol. The van der Waals surface area contributed by atoms with E-state index >= 15 is 0 Å². The van der Waals surface area contributed by atoms with E-state index in [4.69, 9.17) is 19.6 Å². The van der Waals surface area contributed by atoms with Crippen molar-refractivity contribution in [2.24, 2.45) is 4.99 Å². The molecule has 0 saturated heterocycles. The lowest BCUT2D eigenvalue weighted by Gasteiger charge is -2.31. The smallest absolute Gasteiger partial charge is 0.252 e. The van der Waals surface area contributed by atoms with Gasteiger partial charge >= 0.3 is 0 Å². The Labute approximate surface area is 263 Å². The average molecular weight is 692 g/mol. The molecular weight excluding hydrogens is 660 g/mol. The molecule has 42 heavy (non-hydrogen) atoms. The summed E-state index contributed by atoms with van der Waals surface area (Å²) >= 11 is 7.21. The van der Waals surface area contributed by atoms with Gasteiger partial charge in [-0.2, -0.15) is 0 Å². The van der Waals surface area contributed by atoms with Gasteiger partial charge in [0, 0.05) is 40.5 Å². The van der Waals surface area contributed by atoms with Crippen molar-refractivity contribution in [2.75, 3.05) is 13.2 Å². The van der Waals surface area contributed by atoms with Crippen LogP contribution in [0.15, 0.2) is 111 Å². The van der Waals surface area contributed by atoms with Gasteiger partial charge in [-0.15, -0.1) is 0 Å². The van der Waals surface area contributed by atoms with E-state index in [2.05, 4.69) is 43.2 Å². The Kier molecular flexibility index (Phi) is 9.77. The lowest BCUT2D eigenvalue weighted by atomic mass is 9.82. The topological polar surface area (TPSA) is 80.2 Å². The number of carbonyl (C=O) groups is 1. The number of nitrogens with zero attached hydrogens (tertiary/aromatic N) is 1. The predicted molar refractivity (Wildman–Crippen MR) is 172 cm³/mol. The number of amides is 1. The van der Waals surface area contributed by atoms with E-state index in [1.54, 1.807) is 0 Å². The predicted octanol–water partition coefficient (Wildman–Crippen LogP) is 7.10. The van der Waals surface area contributed by atoms with Crippen molar-refractivity contribution >= 4 is 43.7 Å². The van der Waals surface area contributed by atoms with Gasteiger partial charge in [-0.3, -0.25) is 4.79 Å². The maximum absolute atomic E-state index is 14.4. The molecule has 0 fully saturated rings. The quantitative estimate of drug-likeness (QED) is 0.165. The molecule has 1 aliphatic heterocycles. The number of aryl methyl sites for hydroxylation is 1. The zero-order chi connectivity index (χ0) is 29.5. The largest absolute Gasteiger partial charge is 0.494 e. The van der Waals surface area contributed by atoms with Crippen molar-refractivity contribution in [3.05, 3.63) is 134 Å². The van der Waals surface area contributed by atoms with E-state index in [1.165, 1.54) is 0 Å². The lowest BCUT2D eigenvalue weighted by Crippen LogP contribution is -2.49. The Morgan fingerprint density at radius 2 is 1.76 bits per heavy atom. The number of hydrogen-bond acceptors (Lipinski definition) is 5. The number of ether oxygens (including phenoxy) is 2. The Morgan fingerprint density at radius 1 is 1.00 bits per heavy atom.